The first-order valence-corrected chi connectivity index (χ1v) is 11.2. The number of amides is 1. The van der Waals surface area contributed by atoms with Gasteiger partial charge in [0, 0.05) is 18.0 Å². The van der Waals surface area contributed by atoms with Crippen molar-refractivity contribution < 1.29 is 4.79 Å². The summed E-state index contributed by atoms with van der Waals surface area (Å²) in [7, 11) is 0. The summed E-state index contributed by atoms with van der Waals surface area (Å²) in [5, 5.41) is 13.5. The third-order valence-electron chi connectivity index (χ3n) is 4.26. The van der Waals surface area contributed by atoms with Crippen LogP contribution in [0.4, 0.5) is 5.13 Å². The molecule has 0 aliphatic carbocycles. The van der Waals surface area contributed by atoms with Gasteiger partial charge in [0.2, 0.25) is 5.91 Å². The molecule has 0 bridgehead atoms. The molecule has 0 saturated carbocycles. The van der Waals surface area contributed by atoms with Crippen LogP contribution < -0.4 is 5.32 Å². The molecular weight excluding hydrogens is 426 g/mol. The monoisotopic (exact) mass is 443 g/mol. The minimum absolute atomic E-state index is 0.112. The van der Waals surface area contributed by atoms with Crippen LogP contribution in [0.2, 0.25) is 5.02 Å². The van der Waals surface area contributed by atoms with Crippen molar-refractivity contribution in [3.63, 3.8) is 0 Å². The molecule has 29 heavy (non-hydrogen) atoms. The highest BCUT2D eigenvalue weighted by Gasteiger charge is 2.14. The molecule has 9 heteroatoms. The Balaban J connectivity index is 1.39. The van der Waals surface area contributed by atoms with E-state index in [4.69, 9.17) is 11.6 Å². The molecule has 0 unspecified atom stereocenters. The number of fused-ring (bicyclic) bond motifs is 1. The number of para-hydroxylation sites is 1. The maximum Gasteiger partial charge on any atom is 0.236 e. The van der Waals surface area contributed by atoms with Crippen LogP contribution in [0.25, 0.3) is 10.2 Å². The Kier molecular flexibility index (Phi) is 6.13. The van der Waals surface area contributed by atoms with Gasteiger partial charge in [0.05, 0.1) is 16.0 Å². The maximum absolute atomic E-state index is 12.4. The smallest absolute Gasteiger partial charge is 0.236 e. The quantitative estimate of drug-likeness (QED) is 0.412. The third kappa shape index (κ3) is 4.77. The van der Waals surface area contributed by atoms with Gasteiger partial charge in [-0.2, -0.15) is 0 Å². The third-order valence-corrected chi connectivity index (χ3v) is 6.43. The summed E-state index contributed by atoms with van der Waals surface area (Å²) >= 11 is 8.79. The maximum atomic E-state index is 12.4. The lowest BCUT2D eigenvalue weighted by Crippen LogP contribution is -2.14. The van der Waals surface area contributed by atoms with Crippen molar-refractivity contribution in [3.8, 4) is 0 Å². The Labute approximate surface area is 181 Å². The number of rotatable bonds is 7. The highest BCUT2D eigenvalue weighted by Crippen LogP contribution is 2.26. The molecule has 2 heterocycles. The van der Waals surface area contributed by atoms with Crippen molar-refractivity contribution in [3.05, 3.63) is 64.9 Å². The van der Waals surface area contributed by atoms with Crippen LogP contribution in [-0.4, -0.2) is 31.4 Å². The second-order valence-corrected chi connectivity index (χ2v) is 8.68. The van der Waals surface area contributed by atoms with Crippen LogP contribution >= 0.6 is 34.7 Å². The predicted octanol–water partition coefficient (Wildman–Crippen LogP) is 4.88. The van der Waals surface area contributed by atoms with Crippen LogP contribution in [0.3, 0.4) is 0 Å². The predicted molar refractivity (Wildman–Crippen MR) is 119 cm³/mol. The highest BCUT2D eigenvalue weighted by atomic mass is 35.5. The van der Waals surface area contributed by atoms with Gasteiger partial charge >= 0.3 is 0 Å². The summed E-state index contributed by atoms with van der Waals surface area (Å²) < 4.78 is 3.08. The van der Waals surface area contributed by atoms with Crippen LogP contribution in [0.5, 0.6) is 0 Å². The number of aromatic nitrogens is 4. The molecule has 1 N–H and O–H groups in total. The minimum Gasteiger partial charge on any atom is -0.306 e. The van der Waals surface area contributed by atoms with E-state index in [-0.39, 0.29) is 11.7 Å². The highest BCUT2D eigenvalue weighted by molar-refractivity contribution is 7.99. The number of nitrogens with one attached hydrogen (secondary N) is 1. The molecule has 4 rings (SSSR count). The number of halogens is 1. The van der Waals surface area contributed by atoms with Gasteiger partial charge < -0.3 is 9.88 Å². The van der Waals surface area contributed by atoms with Gasteiger partial charge in [0.25, 0.3) is 0 Å². The first kappa shape index (κ1) is 19.9. The Hall–Kier alpha value is -2.42. The molecule has 148 valence electrons. The number of nitrogens with zero attached hydrogens (tertiary/aromatic N) is 4. The number of thiazole rings is 1. The van der Waals surface area contributed by atoms with E-state index in [0.29, 0.717) is 16.6 Å². The van der Waals surface area contributed by atoms with Crippen molar-refractivity contribution in [2.24, 2.45) is 0 Å². The molecule has 0 saturated heterocycles. The number of benzene rings is 2. The van der Waals surface area contributed by atoms with E-state index in [1.54, 1.807) is 0 Å². The standard InChI is InChI=1S/C20H18ClN5OS2/c1-2-26-17(11-13-7-9-14(21)10-8-13)24-25-20(26)28-12-18(27)23-19-22-15-5-3-4-6-16(15)29-19/h3-10H,2,11-12H2,1H3,(H,22,23,27). The summed E-state index contributed by atoms with van der Waals surface area (Å²) in [5.41, 5.74) is 2.00. The van der Waals surface area contributed by atoms with Gasteiger partial charge in [-0.15, -0.1) is 10.2 Å². The van der Waals surface area contributed by atoms with Crippen molar-refractivity contribution in [2.45, 2.75) is 25.0 Å². The molecule has 0 fully saturated rings. The van der Waals surface area contributed by atoms with Crippen LogP contribution in [0, 0.1) is 0 Å². The number of hydrogen-bond donors (Lipinski definition) is 1. The first-order valence-electron chi connectivity index (χ1n) is 9.07. The van der Waals surface area contributed by atoms with Gasteiger partial charge in [-0.05, 0) is 36.8 Å². The zero-order valence-electron chi connectivity index (χ0n) is 15.6. The largest absolute Gasteiger partial charge is 0.306 e. The van der Waals surface area contributed by atoms with E-state index in [9.17, 15) is 4.79 Å². The second kappa shape index (κ2) is 8.94. The fourth-order valence-electron chi connectivity index (χ4n) is 2.87. The zero-order chi connectivity index (χ0) is 20.2. The Morgan fingerprint density at radius 2 is 1.97 bits per heavy atom. The van der Waals surface area contributed by atoms with Gasteiger partial charge in [-0.1, -0.05) is 59.0 Å². The molecule has 0 aliphatic heterocycles. The molecular formula is C20H18ClN5OS2. The van der Waals surface area contributed by atoms with E-state index in [0.717, 1.165) is 33.3 Å². The van der Waals surface area contributed by atoms with E-state index in [1.165, 1.54) is 23.1 Å². The fraction of sp³-hybridized carbons (Fsp3) is 0.200. The number of anilines is 1. The number of thioether (sulfide) groups is 1. The first-order chi connectivity index (χ1) is 14.1. The molecule has 6 nitrogen and oxygen atoms in total. The summed E-state index contributed by atoms with van der Waals surface area (Å²) in [5.74, 6) is 0.998. The zero-order valence-corrected chi connectivity index (χ0v) is 18.0. The molecule has 2 aromatic heterocycles. The Bertz CT molecular complexity index is 1110. The molecule has 4 aromatic rings. The fourth-order valence-corrected chi connectivity index (χ4v) is 4.70. The van der Waals surface area contributed by atoms with E-state index < -0.39 is 0 Å². The van der Waals surface area contributed by atoms with Gasteiger partial charge in [-0.25, -0.2) is 4.98 Å². The normalized spacial score (nSPS) is 11.1. The van der Waals surface area contributed by atoms with Gasteiger partial charge in [0.1, 0.15) is 5.82 Å². The van der Waals surface area contributed by atoms with E-state index >= 15 is 0 Å². The Morgan fingerprint density at radius 1 is 1.17 bits per heavy atom. The van der Waals surface area contributed by atoms with E-state index in [2.05, 4.69) is 20.5 Å². The number of carbonyl (C=O) groups excluding carboxylic acids is 1. The average molecular weight is 444 g/mol. The summed E-state index contributed by atoms with van der Waals surface area (Å²) in [6, 6.07) is 15.5. The molecule has 0 atom stereocenters. The average Bonchev–Trinajstić information content (AvgIpc) is 3.30. The number of carbonyl (C=O) groups is 1. The lowest BCUT2D eigenvalue weighted by molar-refractivity contribution is -0.113. The SMILES string of the molecule is CCn1c(Cc2ccc(Cl)cc2)nnc1SCC(=O)Nc1nc2ccccc2s1. The molecule has 0 spiro atoms. The topological polar surface area (TPSA) is 72.7 Å². The lowest BCUT2D eigenvalue weighted by Gasteiger charge is -2.07. The Morgan fingerprint density at radius 3 is 2.72 bits per heavy atom. The van der Waals surface area contributed by atoms with Crippen molar-refractivity contribution >= 4 is 56.0 Å². The van der Waals surface area contributed by atoms with Crippen molar-refractivity contribution in [1.82, 2.24) is 19.7 Å². The van der Waals surface area contributed by atoms with Gasteiger partial charge in [0.15, 0.2) is 10.3 Å². The van der Waals surface area contributed by atoms with Crippen molar-refractivity contribution in [1.29, 1.82) is 0 Å². The molecule has 1 amide bonds. The molecule has 0 radical (unpaired) electrons. The molecule has 0 aliphatic rings. The summed E-state index contributed by atoms with van der Waals surface area (Å²) in [6.07, 6.45) is 0.663. The van der Waals surface area contributed by atoms with E-state index in [1.807, 2.05) is 60.0 Å². The minimum atomic E-state index is -0.112. The van der Waals surface area contributed by atoms with Crippen molar-refractivity contribution in [2.75, 3.05) is 11.1 Å². The second-order valence-electron chi connectivity index (χ2n) is 6.27. The van der Waals surface area contributed by atoms with Crippen LogP contribution in [0.15, 0.2) is 53.7 Å². The lowest BCUT2D eigenvalue weighted by atomic mass is 10.1. The van der Waals surface area contributed by atoms with Gasteiger partial charge in [-0.3, -0.25) is 4.79 Å². The summed E-state index contributed by atoms with van der Waals surface area (Å²) in [6.45, 7) is 2.78. The molecule has 2 aromatic carbocycles. The van der Waals surface area contributed by atoms with Crippen LogP contribution in [0.1, 0.15) is 18.3 Å². The number of hydrogen-bond acceptors (Lipinski definition) is 6. The van der Waals surface area contributed by atoms with Crippen LogP contribution in [-0.2, 0) is 17.8 Å². The summed E-state index contributed by atoms with van der Waals surface area (Å²) in [4.78, 5) is 16.8.